The van der Waals surface area contributed by atoms with Crippen molar-refractivity contribution < 1.29 is 0 Å². The molecular weight excluding hydrogens is 312 g/mol. The number of hydrogen-bond acceptors (Lipinski definition) is 6. The van der Waals surface area contributed by atoms with Gasteiger partial charge >= 0.3 is 0 Å². The molecule has 0 unspecified atom stereocenters. The number of rotatable bonds is 3. The van der Waals surface area contributed by atoms with Crippen molar-refractivity contribution in [3.05, 3.63) is 36.8 Å². The first kappa shape index (κ1) is 16.1. The number of pyridine rings is 1. The Balaban J connectivity index is 1.40. The molecule has 2 aliphatic heterocycles. The SMILES string of the molecule is CC1CCN(c2cc(N3CCN(c4ccccn4)CC3)ncn2)CC1. The highest BCUT2D eigenvalue weighted by molar-refractivity contribution is 5.52. The van der Waals surface area contributed by atoms with Crippen LogP contribution >= 0.6 is 0 Å². The second-order valence-electron chi connectivity index (χ2n) is 7.07. The lowest BCUT2D eigenvalue weighted by atomic mass is 9.99. The molecule has 6 nitrogen and oxygen atoms in total. The first-order valence-corrected chi connectivity index (χ1v) is 9.27. The first-order chi connectivity index (χ1) is 12.3. The van der Waals surface area contributed by atoms with Crippen molar-refractivity contribution in [3.8, 4) is 0 Å². The quantitative estimate of drug-likeness (QED) is 0.857. The molecular formula is C19H26N6. The summed E-state index contributed by atoms with van der Waals surface area (Å²) in [6.45, 7) is 8.41. The molecule has 0 aromatic carbocycles. The molecule has 2 aliphatic rings. The van der Waals surface area contributed by atoms with Crippen molar-refractivity contribution in [1.29, 1.82) is 0 Å². The van der Waals surface area contributed by atoms with Gasteiger partial charge in [-0.2, -0.15) is 0 Å². The number of aromatic nitrogens is 3. The van der Waals surface area contributed by atoms with E-state index < -0.39 is 0 Å². The van der Waals surface area contributed by atoms with Gasteiger partial charge in [0.05, 0.1) is 0 Å². The minimum absolute atomic E-state index is 0.831. The Kier molecular flexibility index (Phi) is 4.68. The van der Waals surface area contributed by atoms with E-state index in [-0.39, 0.29) is 0 Å². The fourth-order valence-corrected chi connectivity index (χ4v) is 3.63. The molecule has 0 bridgehead atoms. The van der Waals surface area contributed by atoms with Crippen molar-refractivity contribution in [2.75, 3.05) is 54.0 Å². The Bertz CT molecular complexity index is 675. The molecule has 0 amide bonds. The third kappa shape index (κ3) is 3.67. The van der Waals surface area contributed by atoms with E-state index in [1.54, 1.807) is 6.33 Å². The van der Waals surface area contributed by atoms with Gasteiger partial charge in [-0.1, -0.05) is 13.0 Å². The number of piperazine rings is 1. The predicted molar refractivity (Wildman–Crippen MR) is 101 cm³/mol. The van der Waals surface area contributed by atoms with Gasteiger partial charge in [0.15, 0.2) is 0 Å². The average Bonchev–Trinajstić information content (AvgIpc) is 2.69. The van der Waals surface area contributed by atoms with Gasteiger partial charge in [0, 0.05) is 51.5 Å². The van der Waals surface area contributed by atoms with Crippen LogP contribution in [0.3, 0.4) is 0 Å². The van der Waals surface area contributed by atoms with Gasteiger partial charge in [0.1, 0.15) is 23.8 Å². The van der Waals surface area contributed by atoms with E-state index in [9.17, 15) is 0 Å². The monoisotopic (exact) mass is 338 g/mol. The Morgan fingerprint density at radius 2 is 1.36 bits per heavy atom. The van der Waals surface area contributed by atoms with Crippen LogP contribution in [0.25, 0.3) is 0 Å². The lowest BCUT2D eigenvalue weighted by molar-refractivity contribution is 0.436. The van der Waals surface area contributed by atoms with E-state index in [0.717, 1.165) is 62.6 Å². The van der Waals surface area contributed by atoms with Gasteiger partial charge in [0.2, 0.25) is 0 Å². The van der Waals surface area contributed by atoms with Crippen molar-refractivity contribution in [2.45, 2.75) is 19.8 Å². The first-order valence-electron chi connectivity index (χ1n) is 9.27. The van der Waals surface area contributed by atoms with Gasteiger partial charge in [-0.25, -0.2) is 15.0 Å². The van der Waals surface area contributed by atoms with Crippen LogP contribution in [0.2, 0.25) is 0 Å². The highest BCUT2D eigenvalue weighted by atomic mass is 15.3. The minimum atomic E-state index is 0.831. The molecule has 2 aromatic heterocycles. The van der Waals surface area contributed by atoms with Gasteiger partial charge < -0.3 is 14.7 Å². The summed E-state index contributed by atoms with van der Waals surface area (Å²) in [6.07, 6.45) is 6.08. The molecule has 132 valence electrons. The number of hydrogen-bond donors (Lipinski definition) is 0. The maximum atomic E-state index is 4.52. The Morgan fingerprint density at radius 3 is 1.96 bits per heavy atom. The molecule has 0 spiro atoms. The molecule has 0 aliphatic carbocycles. The van der Waals surface area contributed by atoms with Crippen LogP contribution in [0, 0.1) is 5.92 Å². The standard InChI is InChI=1S/C19H26N6/c1-16-5-8-23(9-6-16)18-14-19(22-15-21-18)25-12-10-24(11-13-25)17-4-2-3-7-20-17/h2-4,7,14-16H,5-6,8-13H2,1H3. The number of nitrogens with zero attached hydrogens (tertiary/aromatic N) is 6. The lowest BCUT2D eigenvalue weighted by Crippen LogP contribution is -2.47. The second-order valence-corrected chi connectivity index (χ2v) is 7.07. The van der Waals surface area contributed by atoms with E-state index >= 15 is 0 Å². The largest absolute Gasteiger partial charge is 0.356 e. The summed E-state index contributed by atoms with van der Waals surface area (Å²) in [7, 11) is 0. The molecule has 2 saturated heterocycles. The van der Waals surface area contributed by atoms with E-state index in [4.69, 9.17) is 0 Å². The fraction of sp³-hybridized carbons (Fsp3) is 0.526. The van der Waals surface area contributed by atoms with E-state index in [1.807, 2.05) is 18.3 Å². The van der Waals surface area contributed by atoms with E-state index in [0.29, 0.717) is 0 Å². The van der Waals surface area contributed by atoms with E-state index in [1.165, 1.54) is 12.8 Å². The summed E-state index contributed by atoms with van der Waals surface area (Å²) in [6, 6.07) is 8.25. The van der Waals surface area contributed by atoms with Gasteiger partial charge in [-0.3, -0.25) is 0 Å². The highest BCUT2D eigenvalue weighted by Gasteiger charge is 2.21. The van der Waals surface area contributed by atoms with Crippen molar-refractivity contribution in [2.24, 2.45) is 5.92 Å². The summed E-state index contributed by atoms with van der Waals surface area (Å²) in [5.74, 6) is 4.01. The third-order valence-electron chi connectivity index (χ3n) is 5.32. The molecule has 6 heteroatoms. The fourth-order valence-electron chi connectivity index (χ4n) is 3.63. The highest BCUT2D eigenvalue weighted by Crippen LogP contribution is 2.24. The van der Waals surface area contributed by atoms with Crippen LogP contribution in [-0.4, -0.2) is 54.2 Å². The van der Waals surface area contributed by atoms with Crippen LogP contribution in [0.1, 0.15) is 19.8 Å². The number of anilines is 3. The molecule has 0 saturated carbocycles. The molecule has 2 aromatic rings. The van der Waals surface area contributed by atoms with Gasteiger partial charge in [-0.15, -0.1) is 0 Å². The average molecular weight is 338 g/mol. The van der Waals surface area contributed by atoms with Gasteiger partial charge in [-0.05, 0) is 30.9 Å². The second kappa shape index (κ2) is 7.25. The maximum Gasteiger partial charge on any atom is 0.134 e. The predicted octanol–water partition coefficient (Wildman–Crippen LogP) is 2.43. The number of piperidine rings is 1. The normalized spacial score (nSPS) is 19.3. The third-order valence-corrected chi connectivity index (χ3v) is 5.32. The van der Waals surface area contributed by atoms with Crippen LogP contribution in [0.5, 0.6) is 0 Å². The zero-order chi connectivity index (χ0) is 17.1. The molecule has 4 heterocycles. The smallest absolute Gasteiger partial charge is 0.134 e. The summed E-state index contributed by atoms with van der Waals surface area (Å²) >= 11 is 0. The Labute approximate surface area is 149 Å². The van der Waals surface area contributed by atoms with Crippen molar-refractivity contribution in [3.63, 3.8) is 0 Å². The topological polar surface area (TPSA) is 48.4 Å². The summed E-state index contributed by atoms with van der Waals surface area (Å²) in [5.41, 5.74) is 0. The molecule has 0 radical (unpaired) electrons. The summed E-state index contributed by atoms with van der Waals surface area (Å²) in [4.78, 5) is 20.6. The zero-order valence-corrected chi connectivity index (χ0v) is 14.9. The van der Waals surface area contributed by atoms with Crippen molar-refractivity contribution >= 4 is 17.5 Å². The van der Waals surface area contributed by atoms with Crippen LogP contribution in [0.15, 0.2) is 36.8 Å². The molecule has 4 rings (SSSR count). The van der Waals surface area contributed by atoms with Crippen LogP contribution in [0.4, 0.5) is 17.5 Å². The summed E-state index contributed by atoms with van der Waals surface area (Å²) in [5, 5.41) is 0. The Morgan fingerprint density at radius 1 is 0.760 bits per heavy atom. The molecule has 0 atom stereocenters. The molecule has 0 N–H and O–H groups in total. The summed E-state index contributed by atoms with van der Waals surface area (Å²) < 4.78 is 0. The minimum Gasteiger partial charge on any atom is -0.356 e. The van der Waals surface area contributed by atoms with Gasteiger partial charge in [0.25, 0.3) is 0 Å². The van der Waals surface area contributed by atoms with Crippen LogP contribution < -0.4 is 14.7 Å². The van der Waals surface area contributed by atoms with Crippen molar-refractivity contribution in [1.82, 2.24) is 15.0 Å². The molecule has 25 heavy (non-hydrogen) atoms. The van der Waals surface area contributed by atoms with E-state index in [2.05, 4.69) is 48.7 Å². The maximum absolute atomic E-state index is 4.52. The zero-order valence-electron chi connectivity index (χ0n) is 14.9. The lowest BCUT2D eigenvalue weighted by Gasteiger charge is -2.36. The molecule has 2 fully saturated rings. The Hall–Kier alpha value is -2.37. The van der Waals surface area contributed by atoms with Crippen LogP contribution in [-0.2, 0) is 0 Å².